The van der Waals surface area contributed by atoms with Crippen molar-refractivity contribution in [1.29, 1.82) is 0 Å². The van der Waals surface area contributed by atoms with Gasteiger partial charge in [-0.15, -0.1) is 0 Å². The monoisotopic (exact) mass is 484 g/mol. The van der Waals surface area contributed by atoms with E-state index in [9.17, 15) is 4.79 Å². The fraction of sp³-hybridized carbons (Fsp3) is 0.250. The van der Waals surface area contributed by atoms with Crippen LogP contribution in [0.3, 0.4) is 0 Å². The lowest BCUT2D eigenvalue weighted by Crippen LogP contribution is -2.29. The van der Waals surface area contributed by atoms with Gasteiger partial charge in [0.1, 0.15) is 5.75 Å². The number of hydrogen-bond donors (Lipinski definition) is 2. The summed E-state index contributed by atoms with van der Waals surface area (Å²) >= 11 is 0. The molecule has 0 aliphatic heterocycles. The number of amides is 1. The second kappa shape index (κ2) is 11.0. The molecular weight excluding hydrogens is 452 g/mol. The molecule has 8 nitrogen and oxygen atoms in total. The van der Waals surface area contributed by atoms with Crippen LogP contribution in [-0.4, -0.2) is 62.1 Å². The Morgan fingerprint density at radius 1 is 1.14 bits per heavy atom. The molecule has 36 heavy (non-hydrogen) atoms. The van der Waals surface area contributed by atoms with Gasteiger partial charge in [0.05, 0.1) is 29.9 Å². The number of carbonyl (C=O) groups is 1. The fourth-order valence-electron chi connectivity index (χ4n) is 4.12. The second-order valence-corrected chi connectivity index (χ2v) is 8.86. The van der Waals surface area contributed by atoms with E-state index in [4.69, 9.17) is 9.72 Å². The molecule has 0 saturated carbocycles. The molecule has 0 radical (unpaired) electrons. The van der Waals surface area contributed by atoms with E-state index in [2.05, 4.69) is 56.3 Å². The average molecular weight is 485 g/mol. The number of anilines is 4. The summed E-state index contributed by atoms with van der Waals surface area (Å²) in [6.07, 6.45) is 6.07. The summed E-state index contributed by atoms with van der Waals surface area (Å²) in [5, 5.41) is 6.20. The van der Waals surface area contributed by atoms with Crippen LogP contribution < -0.4 is 20.3 Å². The van der Waals surface area contributed by atoms with E-state index in [0.717, 1.165) is 36.5 Å². The Kier molecular flexibility index (Phi) is 7.65. The highest BCUT2D eigenvalue weighted by molar-refractivity contribution is 6.02. The maximum Gasteiger partial charge on any atom is 0.247 e. The quantitative estimate of drug-likeness (QED) is 0.414. The van der Waals surface area contributed by atoms with E-state index < -0.39 is 0 Å². The summed E-state index contributed by atoms with van der Waals surface area (Å²) in [6.45, 7) is 5.20. The maximum atomic E-state index is 12.2. The number of methoxy groups -OCH3 is 1. The van der Waals surface area contributed by atoms with Gasteiger partial charge in [-0.2, -0.15) is 0 Å². The molecule has 0 unspecified atom stereocenters. The Labute approximate surface area is 212 Å². The Hall–Kier alpha value is -4.17. The standard InChI is InChI=1S/C28H32N6O2/c1-6-27(35)30-23-17-24(26(36-5)18-25(23)34(4)16-15-33(2)3)32-28-29-14-13-22(31-28)21-12-11-19-9-7-8-10-20(19)21/h6-10,12-14,17-18H,1,11,15-16H2,2-5H3,(H,30,35)(H,29,31,32). The minimum absolute atomic E-state index is 0.293. The number of likely N-dealkylation sites (N-methyl/N-ethyl adjacent to an activating group) is 2. The number of rotatable bonds is 10. The van der Waals surface area contributed by atoms with Crippen LogP contribution in [0.1, 0.15) is 16.8 Å². The van der Waals surface area contributed by atoms with Crippen LogP contribution in [-0.2, 0) is 11.2 Å². The largest absolute Gasteiger partial charge is 0.494 e. The van der Waals surface area contributed by atoms with Gasteiger partial charge in [-0.3, -0.25) is 4.79 Å². The minimum Gasteiger partial charge on any atom is -0.494 e. The van der Waals surface area contributed by atoms with E-state index in [-0.39, 0.29) is 5.91 Å². The van der Waals surface area contributed by atoms with Gasteiger partial charge in [0.25, 0.3) is 0 Å². The van der Waals surface area contributed by atoms with Gasteiger partial charge >= 0.3 is 0 Å². The highest BCUT2D eigenvalue weighted by atomic mass is 16.5. The van der Waals surface area contributed by atoms with Gasteiger partial charge in [0, 0.05) is 38.0 Å². The molecule has 186 valence electrons. The normalized spacial score (nSPS) is 12.1. The molecule has 8 heteroatoms. The molecule has 1 aromatic heterocycles. The van der Waals surface area contributed by atoms with Gasteiger partial charge in [0.2, 0.25) is 11.9 Å². The van der Waals surface area contributed by atoms with Crippen molar-refractivity contribution >= 4 is 34.5 Å². The van der Waals surface area contributed by atoms with E-state index in [0.29, 0.717) is 23.1 Å². The molecule has 0 saturated heterocycles. The van der Waals surface area contributed by atoms with Crippen molar-refractivity contribution in [3.63, 3.8) is 0 Å². The van der Waals surface area contributed by atoms with E-state index >= 15 is 0 Å². The highest BCUT2D eigenvalue weighted by Crippen LogP contribution is 2.38. The van der Waals surface area contributed by atoms with Gasteiger partial charge in [-0.25, -0.2) is 9.97 Å². The first kappa shape index (κ1) is 24.9. The molecule has 0 fully saturated rings. The molecule has 0 atom stereocenters. The number of fused-ring (bicyclic) bond motifs is 1. The van der Waals surface area contributed by atoms with Crippen LogP contribution >= 0.6 is 0 Å². The maximum absolute atomic E-state index is 12.2. The molecular formula is C28H32N6O2. The van der Waals surface area contributed by atoms with Crippen LogP contribution in [0.4, 0.5) is 23.0 Å². The molecule has 0 bridgehead atoms. The van der Waals surface area contributed by atoms with Crippen molar-refractivity contribution in [1.82, 2.24) is 14.9 Å². The number of benzene rings is 2. The van der Waals surface area contributed by atoms with Crippen LogP contribution in [0.5, 0.6) is 5.75 Å². The smallest absolute Gasteiger partial charge is 0.247 e. The highest BCUT2D eigenvalue weighted by Gasteiger charge is 2.19. The molecule has 1 heterocycles. The van der Waals surface area contributed by atoms with Crippen LogP contribution in [0.15, 0.2) is 67.4 Å². The number of hydrogen-bond acceptors (Lipinski definition) is 7. The molecule has 1 aliphatic rings. The number of aromatic nitrogens is 2. The van der Waals surface area contributed by atoms with Crippen molar-refractivity contribution in [2.75, 3.05) is 56.9 Å². The van der Waals surface area contributed by atoms with E-state index in [1.54, 1.807) is 13.3 Å². The van der Waals surface area contributed by atoms with Crippen molar-refractivity contribution in [3.05, 3.63) is 84.2 Å². The molecule has 4 rings (SSSR count). The van der Waals surface area contributed by atoms with Crippen molar-refractivity contribution in [3.8, 4) is 5.75 Å². The van der Waals surface area contributed by atoms with Crippen molar-refractivity contribution < 1.29 is 9.53 Å². The number of allylic oxidation sites excluding steroid dienone is 1. The first-order valence-electron chi connectivity index (χ1n) is 11.8. The van der Waals surface area contributed by atoms with Crippen LogP contribution in [0.2, 0.25) is 0 Å². The first-order chi connectivity index (χ1) is 17.4. The lowest BCUT2D eigenvalue weighted by molar-refractivity contribution is -0.111. The fourth-order valence-corrected chi connectivity index (χ4v) is 4.12. The first-order valence-corrected chi connectivity index (χ1v) is 11.8. The van der Waals surface area contributed by atoms with Gasteiger partial charge in [-0.1, -0.05) is 36.9 Å². The van der Waals surface area contributed by atoms with Crippen LogP contribution in [0.25, 0.3) is 5.57 Å². The summed E-state index contributed by atoms with van der Waals surface area (Å²) in [4.78, 5) is 25.6. The van der Waals surface area contributed by atoms with Crippen molar-refractivity contribution in [2.24, 2.45) is 0 Å². The molecule has 2 aromatic carbocycles. The summed E-state index contributed by atoms with van der Waals surface area (Å²) in [5.41, 5.74) is 6.53. The summed E-state index contributed by atoms with van der Waals surface area (Å²) in [7, 11) is 7.64. The SMILES string of the molecule is C=CC(=O)Nc1cc(Nc2nccc(C3=CCc4ccccc43)n2)c(OC)cc1N(C)CCN(C)C. The Morgan fingerprint density at radius 3 is 2.69 bits per heavy atom. The minimum atomic E-state index is -0.293. The zero-order valence-electron chi connectivity index (χ0n) is 21.2. The number of ether oxygens (including phenoxy) is 1. The third-order valence-corrected chi connectivity index (χ3v) is 6.07. The summed E-state index contributed by atoms with van der Waals surface area (Å²) < 4.78 is 5.70. The Bertz CT molecular complexity index is 1300. The molecule has 2 N–H and O–H groups in total. The molecule has 3 aromatic rings. The predicted molar refractivity (Wildman–Crippen MR) is 146 cm³/mol. The zero-order valence-corrected chi connectivity index (χ0v) is 21.2. The van der Waals surface area contributed by atoms with E-state index in [1.165, 1.54) is 17.2 Å². The van der Waals surface area contributed by atoms with Crippen LogP contribution in [0, 0.1) is 0 Å². The Balaban J connectivity index is 1.66. The van der Waals surface area contributed by atoms with Crippen molar-refractivity contribution in [2.45, 2.75) is 6.42 Å². The Morgan fingerprint density at radius 2 is 1.94 bits per heavy atom. The third kappa shape index (κ3) is 5.55. The number of nitrogens with zero attached hydrogens (tertiary/aromatic N) is 4. The number of nitrogens with one attached hydrogen (secondary N) is 2. The average Bonchev–Trinajstić information content (AvgIpc) is 3.32. The van der Waals surface area contributed by atoms with Gasteiger partial charge in [-0.05, 0) is 49.9 Å². The predicted octanol–water partition coefficient (Wildman–Crippen LogP) is 4.34. The van der Waals surface area contributed by atoms with E-state index in [1.807, 2.05) is 45.4 Å². The van der Waals surface area contributed by atoms with Gasteiger partial charge < -0.3 is 25.2 Å². The lowest BCUT2D eigenvalue weighted by atomic mass is 10.0. The summed E-state index contributed by atoms with van der Waals surface area (Å²) in [6, 6.07) is 14.0. The second-order valence-electron chi connectivity index (χ2n) is 8.86. The summed E-state index contributed by atoms with van der Waals surface area (Å²) in [5.74, 6) is 0.752. The molecule has 1 aliphatic carbocycles. The lowest BCUT2D eigenvalue weighted by Gasteiger charge is -2.26. The molecule has 0 spiro atoms. The molecule has 1 amide bonds. The topological polar surface area (TPSA) is 82.6 Å². The number of carbonyl (C=O) groups excluding carboxylic acids is 1. The zero-order chi connectivity index (χ0) is 25.7. The van der Waals surface area contributed by atoms with Gasteiger partial charge in [0.15, 0.2) is 0 Å². The third-order valence-electron chi connectivity index (χ3n) is 6.07.